The van der Waals surface area contributed by atoms with Crippen LogP contribution in [0.25, 0.3) is 11.3 Å². The Labute approximate surface area is 138 Å². The Morgan fingerprint density at radius 2 is 1.71 bits per heavy atom. The standard InChI is InChI=1S/C18H15N3O3/c22-18(19-12-13-6-2-1-3-7-13)16-11-10-15(20-16)14-8-4-5-9-17(14)21(23)24/h1-11,20H,12H2,(H,19,22). The first-order chi connectivity index (χ1) is 11.6. The molecule has 0 atom stereocenters. The largest absolute Gasteiger partial charge is 0.350 e. The molecule has 0 fully saturated rings. The van der Waals surface area contributed by atoms with Crippen LogP contribution in [0.3, 0.4) is 0 Å². The highest BCUT2D eigenvalue weighted by Gasteiger charge is 2.16. The van der Waals surface area contributed by atoms with Crippen molar-refractivity contribution in [1.29, 1.82) is 0 Å². The number of nitrogens with one attached hydrogen (secondary N) is 2. The van der Waals surface area contributed by atoms with Crippen molar-refractivity contribution in [1.82, 2.24) is 10.3 Å². The first-order valence-corrected chi connectivity index (χ1v) is 7.40. The Bertz CT molecular complexity index is 872. The van der Waals surface area contributed by atoms with E-state index in [4.69, 9.17) is 0 Å². The third-order valence-electron chi connectivity index (χ3n) is 3.62. The van der Waals surface area contributed by atoms with Crippen LogP contribution in [-0.2, 0) is 6.54 Å². The lowest BCUT2D eigenvalue weighted by Crippen LogP contribution is -2.23. The summed E-state index contributed by atoms with van der Waals surface area (Å²) in [4.78, 5) is 25.8. The van der Waals surface area contributed by atoms with Crippen molar-refractivity contribution in [3.05, 3.63) is 88.1 Å². The number of nitrogens with zero attached hydrogens (tertiary/aromatic N) is 1. The van der Waals surface area contributed by atoms with E-state index in [1.807, 2.05) is 30.3 Å². The van der Waals surface area contributed by atoms with Crippen molar-refractivity contribution < 1.29 is 9.72 Å². The average molecular weight is 321 g/mol. The summed E-state index contributed by atoms with van der Waals surface area (Å²) < 4.78 is 0. The predicted octanol–water partition coefficient (Wildman–Crippen LogP) is 3.52. The second-order valence-corrected chi connectivity index (χ2v) is 5.23. The number of H-pyrrole nitrogens is 1. The monoisotopic (exact) mass is 321 g/mol. The molecular weight excluding hydrogens is 306 g/mol. The van der Waals surface area contributed by atoms with Gasteiger partial charge in [0.15, 0.2) is 0 Å². The molecule has 3 aromatic rings. The number of aromatic nitrogens is 1. The van der Waals surface area contributed by atoms with Gasteiger partial charge in [-0.05, 0) is 23.8 Å². The summed E-state index contributed by atoms with van der Waals surface area (Å²) in [5, 5.41) is 13.9. The van der Waals surface area contributed by atoms with Crippen molar-refractivity contribution in [3.63, 3.8) is 0 Å². The van der Waals surface area contributed by atoms with Crippen LogP contribution in [0.2, 0.25) is 0 Å². The zero-order chi connectivity index (χ0) is 16.9. The lowest BCUT2D eigenvalue weighted by atomic mass is 10.1. The first-order valence-electron chi connectivity index (χ1n) is 7.40. The van der Waals surface area contributed by atoms with E-state index in [1.54, 1.807) is 30.3 Å². The van der Waals surface area contributed by atoms with Crippen LogP contribution in [0, 0.1) is 10.1 Å². The Morgan fingerprint density at radius 3 is 2.46 bits per heavy atom. The van der Waals surface area contributed by atoms with Crippen molar-refractivity contribution in [2.75, 3.05) is 0 Å². The van der Waals surface area contributed by atoms with Crippen LogP contribution in [-0.4, -0.2) is 15.8 Å². The first kappa shape index (κ1) is 15.5. The van der Waals surface area contributed by atoms with Gasteiger partial charge in [-0.1, -0.05) is 42.5 Å². The molecule has 24 heavy (non-hydrogen) atoms. The van der Waals surface area contributed by atoms with Crippen LogP contribution in [0.15, 0.2) is 66.7 Å². The van der Waals surface area contributed by atoms with Gasteiger partial charge in [0.2, 0.25) is 0 Å². The molecule has 3 rings (SSSR count). The molecule has 0 aliphatic heterocycles. The van der Waals surface area contributed by atoms with Gasteiger partial charge in [-0.3, -0.25) is 14.9 Å². The lowest BCUT2D eigenvalue weighted by Gasteiger charge is -2.04. The van der Waals surface area contributed by atoms with Gasteiger partial charge in [-0.15, -0.1) is 0 Å². The van der Waals surface area contributed by atoms with Gasteiger partial charge in [0, 0.05) is 12.6 Å². The molecule has 0 aliphatic rings. The van der Waals surface area contributed by atoms with Gasteiger partial charge in [0.1, 0.15) is 5.69 Å². The highest BCUT2D eigenvalue weighted by molar-refractivity contribution is 5.93. The third-order valence-corrected chi connectivity index (χ3v) is 3.62. The van der Waals surface area contributed by atoms with Crippen molar-refractivity contribution in [2.45, 2.75) is 6.54 Å². The van der Waals surface area contributed by atoms with Gasteiger partial charge >= 0.3 is 0 Å². The Balaban J connectivity index is 1.76. The van der Waals surface area contributed by atoms with E-state index < -0.39 is 4.92 Å². The molecule has 6 nitrogen and oxygen atoms in total. The summed E-state index contributed by atoms with van der Waals surface area (Å²) >= 11 is 0. The van der Waals surface area contributed by atoms with Crippen molar-refractivity contribution in [2.24, 2.45) is 0 Å². The predicted molar refractivity (Wildman–Crippen MR) is 90.5 cm³/mol. The van der Waals surface area contributed by atoms with Crippen molar-refractivity contribution in [3.8, 4) is 11.3 Å². The summed E-state index contributed by atoms with van der Waals surface area (Å²) in [7, 11) is 0. The number of benzene rings is 2. The normalized spacial score (nSPS) is 10.3. The van der Waals surface area contributed by atoms with Gasteiger partial charge in [0.05, 0.1) is 16.2 Å². The van der Waals surface area contributed by atoms with E-state index in [0.717, 1.165) is 5.56 Å². The number of carbonyl (C=O) groups is 1. The summed E-state index contributed by atoms with van der Waals surface area (Å²) in [6, 6.07) is 19.3. The van der Waals surface area contributed by atoms with Gasteiger partial charge in [-0.25, -0.2) is 0 Å². The maximum atomic E-state index is 12.2. The third kappa shape index (κ3) is 3.33. The minimum atomic E-state index is -0.439. The number of amides is 1. The quantitative estimate of drug-likeness (QED) is 0.556. The molecule has 1 aromatic heterocycles. The molecule has 1 amide bonds. The summed E-state index contributed by atoms with van der Waals surface area (Å²) in [6.45, 7) is 0.416. The smallest absolute Gasteiger partial charge is 0.278 e. The van der Waals surface area contributed by atoms with Crippen LogP contribution >= 0.6 is 0 Å². The second-order valence-electron chi connectivity index (χ2n) is 5.23. The Kier molecular flexibility index (Phi) is 4.38. The van der Waals surface area contributed by atoms with E-state index >= 15 is 0 Å². The minimum Gasteiger partial charge on any atom is -0.350 e. The fraction of sp³-hybridized carbons (Fsp3) is 0.0556. The molecule has 0 radical (unpaired) electrons. The highest BCUT2D eigenvalue weighted by Crippen LogP contribution is 2.28. The fourth-order valence-corrected chi connectivity index (χ4v) is 2.42. The second kappa shape index (κ2) is 6.78. The van der Waals surface area contributed by atoms with Crippen LogP contribution in [0.4, 0.5) is 5.69 Å². The number of carbonyl (C=O) groups excluding carboxylic acids is 1. The summed E-state index contributed by atoms with van der Waals surface area (Å²) in [5.74, 6) is -0.260. The van der Waals surface area contributed by atoms with Gasteiger partial charge in [0.25, 0.3) is 11.6 Å². The van der Waals surface area contributed by atoms with E-state index in [-0.39, 0.29) is 11.6 Å². The number of rotatable bonds is 5. The number of hydrogen-bond acceptors (Lipinski definition) is 3. The van der Waals surface area contributed by atoms with Crippen LogP contribution in [0.1, 0.15) is 16.1 Å². The number of nitro benzene ring substituents is 1. The van der Waals surface area contributed by atoms with E-state index in [0.29, 0.717) is 23.5 Å². The topological polar surface area (TPSA) is 88.0 Å². The zero-order valence-corrected chi connectivity index (χ0v) is 12.7. The molecule has 2 N–H and O–H groups in total. The number of para-hydroxylation sites is 1. The summed E-state index contributed by atoms with van der Waals surface area (Å²) in [5.41, 5.74) is 2.34. The molecule has 0 unspecified atom stereocenters. The maximum absolute atomic E-state index is 12.2. The molecule has 120 valence electrons. The molecular formula is C18H15N3O3. The molecule has 1 heterocycles. The number of aromatic amines is 1. The lowest BCUT2D eigenvalue weighted by molar-refractivity contribution is -0.384. The molecule has 0 saturated heterocycles. The zero-order valence-electron chi connectivity index (χ0n) is 12.7. The van der Waals surface area contributed by atoms with Crippen LogP contribution in [0.5, 0.6) is 0 Å². The summed E-state index contributed by atoms with van der Waals surface area (Å²) in [6.07, 6.45) is 0. The van der Waals surface area contributed by atoms with Crippen LogP contribution < -0.4 is 5.32 Å². The SMILES string of the molecule is O=C(NCc1ccccc1)c1ccc(-c2ccccc2[N+](=O)[O-])[nH]1. The maximum Gasteiger partial charge on any atom is 0.278 e. The Hall–Kier alpha value is -3.41. The van der Waals surface area contributed by atoms with Gasteiger partial charge in [-0.2, -0.15) is 0 Å². The molecule has 6 heteroatoms. The highest BCUT2D eigenvalue weighted by atomic mass is 16.6. The number of hydrogen-bond donors (Lipinski definition) is 2. The number of nitro groups is 1. The minimum absolute atomic E-state index is 0.00408. The molecule has 0 saturated carbocycles. The Morgan fingerprint density at radius 1 is 1.00 bits per heavy atom. The van der Waals surface area contributed by atoms with E-state index in [9.17, 15) is 14.9 Å². The van der Waals surface area contributed by atoms with E-state index in [1.165, 1.54) is 6.07 Å². The molecule has 0 spiro atoms. The van der Waals surface area contributed by atoms with Gasteiger partial charge < -0.3 is 10.3 Å². The molecule has 2 aromatic carbocycles. The molecule has 0 aliphatic carbocycles. The average Bonchev–Trinajstić information content (AvgIpc) is 3.10. The fourth-order valence-electron chi connectivity index (χ4n) is 2.42. The van der Waals surface area contributed by atoms with Crippen molar-refractivity contribution >= 4 is 11.6 Å². The molecule has 0 bridgehead atoms. The van der Waals surface area contributed by atoms with E-state index in [2.05, 4.69) is 10.3 Å².